The van der Waals surface area contributed by atoms with E-state index in [2.05, 4.69) is 0 Å². The average Bonchev–Trinajstić information content (AvgIpc) is 3.22. The number of benzene rings is 2. The zero-order valence-electron chi connectivity index (χ0n) is 12.7. The zero-order valence-corrected chi connectivity index (χ0v) is 12.7. The van der Waals surface area contributed by atoms with Crippen molar-refractivity contribution in [3.63, 3.8) is 0 Å². The molecule has 4 atom stereocenters. The van der Waals surface area contributed by atoms with Crippen molar-refractivity contribution in [2.75, 3.05) is 11.4 Å². The summed E-state index contributed by atoms with van der Waals surface area (Å²) >= 11 is 0. The Hall–Kier alpha value is -2.66. The van der Waals surface area contributed by atoms with E-state index in [9.17, 15) is 14.7 Å². The molecular weight excluding hydrogens is 306 g/mol. The van der Waals surface area contributed by atoms with Crippen molar-refractivity contribution in [2.45, 2.75) is 11.7 Å². The number of hydrogen-bond donors (Lipinski definition) is 0. The summed E-state index contributed by atoms with van der Waals surface area (Å²) in [6.07, 6.45) is 3.04. The number of carbonyl (C=O) groups excluding carboxylic acids is 2. The number of hydrogen-bond acceptors (Lipinski definition) is 4. The third-order valence-corrected chi connectivity index (χ3v) is 5.43. The molecule has 0 N–H and O–H groups in total. The van der Waals surface area contributed by atoms with Gasteiger partial charge in [-0.3, -0.25) is 4.79 Å². The Kier molecular flexibility index (Phi) is 2.55. The molecule has 2 bridgehead atoms. The van der Waals surface area contributed by atoms with E-state index in [1.807, 2.05) is 48.5 Å². The molecule has 3 aliphatic heterocycles. The number of nitrogens with zero attached hydrogens (tertiary/aromatic N) is 1. The van der Waals surface area contributed by atoms with Crippen molar-refractivity contribution >= 4 is 28.3 Å². The van der Waals surface area contributed by atoms with Crippen LogP contribution in [0.25, 0.3) is 10.8 Å². The lowest BCUT2D eigenvalue weighted by Crippen LogP contribution is -2.45. The monoisotopic (exact) mass is 320 g/mol. The van der Waals surface area contributed by atoms with Gasteiger partial charge in [-0.25, -0.2) is 0 Å². The van der Waals surface area contributed by atoms with Gasteiger partial charge in [0.2, 0.25) is 5.91 Å². The number of amides is 1. The Balaban J connectivity index is 1.64. The fraction of sp³-hybridized carbons (Fsp3) is 0.263. The van der Waals surface area contributed by atoms with Gasteiger partial charge >= 0.3 is 0 Å². The first-order chi connectivity index (χ1) is 11.6. The number of ether oxygens (including phenoxy) is 1. The molecule has 5 heteroatoms. The minimum atomic E-state index is -1.22. The molecule has 3 aliphatic rings. The molecule has 5 nitrogen and oxygen atoms in total. The molecule has 2 fully saturated rings. The van der Waals surface area contributed by atoms with Crippen LogP contribution in [0.1, 0.15) is 0 Å². The van der Waals surface area contributed by atoms with Gasteiger partial charge in [0.05, 0.1) is 24.3 Å². The van der Waals surface area contributed by atoms with E-state index >= 15 is 0 Å². The molecule has 0 radical (unpaired) electrons. The van der Waals surface area contributed by atoms with E-state index in [0.29, 0.717) is 6.54 Å². The van der Waals surface area contributed by atoms with Gasteiger partial charge < -0.3 is 19.5 Å². The van der Waals surface area contributed by atoms with E-state index in [1.165, 1.54) is 0 Å². The Labute approximate surface area is 138 Å². The third kappa shape index (κ3) is 1.57. The molecule has 24 heavy (non-hydrogen) atoms. The predicted molar refractivity (Wildman–Crippen MR) is 85.0 cm³/mol. The fourth-order valence-corrected chi connectivity index (χ4v) is 4.41. The second-order valence-electron chi connectivity index (χ2n) is 6.64. The third-order valence-electron chi connectivity index (χ3n) is 5.43. The Morgan fingerprint density at radius 2 is 2.00 bits per heavy atom. The fourth-order valence-electron chi connectivity index (χ4n) is 4.41. The van der Waals surface area contributed by atoms with Gasteiger partial charge in [0, 0.05) is 17.3 Å². The van der Waals surface area contributed by atoms with Gasteiger partial charge in [-0.2, -0.15) is 0 Å². The van der Waals surface area contributed by atoms with Crippen molar-refractivity contribution < 1.29 is 19.4 Å². The van der Waals surface area contributed by atoms with Crippen LogP contribution in [0.15, 0.2) is 54.6 Å². The minimum absolute atomic E-state index is 0.201. The highest BCUT2D eigenvalue weighted by Gasteiger charge is 2.65. The molecule has 5 rings (SSSR count). The Morgan fingerprint density at radius 1 is 1.21 bits per heavy atom. The predicted octanol–water partition coefficient (Wildman–Crippen LogP) is 0.876. The average molecular weight is 320 g/mol. The van der Waals surface area contributed by atoms with E-state index in [-0.39, 0.29) is 5.91 Å². The normalized spacial score (nSPS) is 33.4. The van der Waals surface area contributed by atoms with Crippen LogP contribution in [0.4, 0.5) is 5.69 Å². The van der Waals surface area contributed by atoms with Gasteiger partial charge in [-0.15, -0.1) is 0 Å². The van der Waals surface area contributed by atoms with Crippen LogP contribution in [-0.2, 0) is 14.3 Å². The number of aliphatic carboxylic acids is 1. The van der Waals surface area contributed by atoms with Crippen LogP contribution in [0.3, 0.4) is 0 Å². The first-order valence-corrected chi connectivity index (χ1v) is 7.98. The number of fused-ring (bicyclic) bond motifs is 2. The second kappa shape index (κ2) is 4.45. The summed E-state index contributed by atoms with van der Waals surface area (Å²) in [5, 5.41) is 13.5. The maximum Gasteiger partial charge on any atom is 0.234 e. The smallest absolute Gasteiger partial charge is 0.234 e. The lowest BCUT2D eigenvalue weighted by molar-refractivity contribution is -0.313. The maximum atomic E-state index is 13.1. The summed E-state index contributed by atoms with van der Waals surface area (Å²) in [6.45, 7) is 0.335. The van der Waals surface area contributed by atoms with E-state index < -0.39 is 29.5 Å². The first-order valence-electron chi connectivity index (χ1n) is 7.98. The molecule has 0 aliphatic carbocycles. The van der Waals surface area contributed by atoms with Gasteiger partial charge in [0.1, 0.15) is 5.60 Å². The number of carboxylic acids is 1. The molecule has 2 aromatic carbocycles. The number of anilines is 1. The summed E-state index contributed by atoms with van der Waals surface area (Å²) in [7, 11) is 0. The highest BCUT2D eigenvalue weighted by atomic mass is 16.5. The van der Waals surface area contributed by atoms with Crippen LogP contribution in [0, 0.1) is 11.8 Å². The molecule has 120 valence electrons. The molecule has 2 aromatic rings. The standard InChI is InChI=1S/C19H15NO4/c21-17-16-15(18(22)23)14-8-9-19(16,24-14)10-20(17)13-7-3-5-11-4-1-2-6-12(11)13/h1-9,14-16H,10H2,(H,22,23)/p-1/t14-,15-,16+,19-/m1/s1. The molecular formula is C19H14NO4-. The van der Waals surface area contributed by atoms with E-state index in [4.69, 9.17) is 4.74 Å². The highest BCUT2D eigenvalue weighted by Crippen LogP contribution is 2.52. The van der Waals surface area contributed by atoms with Crippen LogP contribution in [0.2, 0.25) is 0 Å². The van der Waals surface area contributed by atoms with Crippen LogP contribution in [-0.4, -0.2) is 30.1 Å². The molecule has 0 aromatic heterocycles. The molecule has 0 unspecified atom stereocenters. The quantitative estimate of drug-likeness (QED) is 0.770. The van der Waals surface area contributed by atoms with Crippen LogP contribution in [0.5, 0.6) is 0 Å². The van der Waals surface area contributed by atoms with Gasteiger partial charge in [0.25, 0.3) is 0 Å². The van der Waals surface area contributed by atoms with Gasteiger partial charge in [0.15, 0.2) is 0 Å². The Morgan fingerprint density at radius 3 is 2.83 bits per heavy atom. The van der Waals surface area contributed by atoms with E-state index in [1.54, 1.807) is 11.0 Å². The number of rotatable bonds is 2. The zero-order chi connectivity index (χ0) is 16.5. The summed E-state index contributed by atoms with van der Waals surface area (Å²) in [5.41, 5.74) is -0.0527. The SMILES string of the molecule is O=C([O-])[C@H]1[C@H]2C(=O)N(c3cccc4ccccc34)C[C@]23C=C[C@H]1O3. The van der Waals surface area contributed by atoms with Gasteiger partial charge in [-0.1, -0.05) is 48.6 Å². The highest BCUT2D eigenvalue weighted by molar-refractivity contribution is 6.08. The minimum Gasteiger partial charge on any atom is -0.550 e. The first kappa shape index (κ1) is 13.7. The largest absolute Gasteiger partial charge is 0.550 e. The van der Waals surface area contributed by atoms with Crippen molar-refractivity contribution in [3.05, 3.63) is 54.6 Å². The number of carboxylic acid groups (broad SMARTS) is 1. The van der Waals surface area contributed by atoms with Crippen LogP contribution < -0.4 is 10.0 Å². The Bertz CT molecular complexity index is 915. The van der Waals surface area contributed by atoms with Crippen LogP contribution >= 0.6 is 0 Å². The summed E-state index contributed by atoms with van der Waals surface area (Å²) < 4.78 is 5.90. The lowest BCUT2D eigenvalue weighted by Gasteiger charge is -2.24. The summed E-state index contributed by atoms with van der Waals surface area (Å²) in [5.74, 6) is -3.05. The molecule has 1 amide bonds. The lowest BCUT2D eigenvalue weighted by atomic mass is 9.77. The molecule has 0 saturated carbocycles. The van der Waals surface area contributed by atoms with Crippen molar-refractivity contribution in [3.8, 4) is 0 Å². The van der Waals surface area contributed by atoms with E-state index in [0.717, 1.165) is 16.5 Å². The molecule has 1 spiro atoms. The topological polar surface area (TPSA) is 69.7 Å². The number of carbonyl (C=O) groups is 2. The second-order valence-corrected chi connectivity index (χ2v) is 6.64. The van der Waals surface area contributed by atoms with Gasteiger partial charge in [-0.05, 0) is 11.5 Å². The molecule has 3 heterocycles. The van der Waals surface area contributed by atoms with Crippen molar-refractivity contribution in [1.29, 1.82) is 0 Å². The van der Waals surface area contributed by atoms with Crippen molar-refractivity contribution in [2.24, 2.45) is 11.8 Å². The molecule has 2 saturated heterocycles. The maximum absolute atomic E-state index is 13.1. The van der Waals surface area contributed by atoms with Crippen molar-refractivity contribution in [1.82, 2.24) is 0 Å². The summed E-state index contributed by atoms with van der Waals surface area (Å²) in [6, 6.07) is 13.6. The summed E-state index contributed by atoms with van der Waals surface area (Å²) in [4.78, 5) is 26.2.